The summed E-state index contributed by atoms with van der Waals surface area (Å²) in [6.07, 6.45) is -0.331. The number of anilines is 1. The van der Waals surface area contributed by atoms with Crippen molar-refractivity contribution >= 4 is 23.4 Å². The molecule has 1 aliphatic rings. The van der Waals surface area contributed by atoms with Crippen molar-refractivity contribution in [3.05, 3.63) is 54.4 Å². The van der Waals surface area contributed by atoms with Gasteiger partial charge in [-0.25, -0.2) is 0 Å². The summed E-state index contributed by atoms with van der Waals surface area (Å²) in [5, 5.41) is 4.87. The highest BCUT2D eigenvalue weighted by Crippen LogP contribution is 2.24. The van der Waals surface area contributed by atoms with Gasteiger partial charge in [-0.2, -0.15) is 0 Å². The Bertz CT molecular complexity index is 944. The summed E-state index contributed by atoms with van der Waals surface area (Å²) >= 11 is 0. The molecule has 2 heterocycles. The highest BCUT2D eigenvalue weighted by Gasteiger charge is 2.31. The number of nitrogens with one attached hydrogen (secondary N) is 2. The van der Waals surface area contributed by atoms with Crippen LogP contribution in [0, 0.1) is 5.92 Å². The lowest BCUT2D eigenvalue weighted by Gasteiger charge is -2.32. The minimum Gasteiger partial charge on any atom is -0.406 e. The fourth-order valence-corrected chi connectivity index (χ4v) is 3.26. The number of carbonyl (C=O) groups excluding carboxylic acids is 3. The molecule has 3 rings (SSSR count). The number of halogens is 3. The minimum absolute atomic E-state index is 0.0686. The first kappa shape index (κ1) is 23.0. The quantitative estimate of drug-likeness (QED) is 0.682. The third-order valence-corrected chi connectivity index (χ3v) is 4.93. The summed E-state index contributed by atoms with van der Waals surface area (Å²) in [5.74, 6) is -2.17. The highest BCUT2D eigenvalue weighted by molar-refractivity contribution is 6.39. The maximum absolute atomic E-state index is 12.4. The number of pyridine rings is 1. The maximum atomic E-state index is 12.4. The zero-order valence-corrected chi connectivity index (χ0v) is 16.9. The van der Waals surface area contributed by atoms with E-state index in [1.165, 1.54) is 12.1 Å². The van der Waals surface area contributed by atoms with E-state index in [0.717, 1.165) is 12.1 Å². The summed E-state index contributed by atoms with van der Waals surface area (Å²) < 4.78 is 40.2. The molecule has 8 nitrogen and oxygen atoms in total. The number of aromatic nitrogens is 1. The van der Waals surface area contributed by atoms with Gasteiger partial charge in [-0.05, 0) is 55.2 Å². The number of amides is 3. The van der Waals surface area contributed by atoms with Gasteiger partial charge in [0.2, 0.25) is 0 Å². The first-order valence-corrected chi connectivity index (χ1v) is 9.85. The molecular weight excluding hydrogens is 429 g/mol. The lowest BCUT2D eigenvalue weighted by molar-refractivity contribution is -0.274. The number of ether oxygens (including phenoxy) is 1. The van der Waals surface area contributed by atoms with Crippen LogP contribution in [0.25, 0.3) is 0 Å². The molecule has 1 fully saturated rings. The summed E-state index contributed by atoms with van der Waals surface area (Å²) in [4.78, 5) is 42.1. The molecule has 0 spiro atoms. The van der Waals surface area contributed by atoms with E-state index in [9.17, 15) is 27.6 Å². The van der Waals surface area contributed by atoms with Crippen LogP contribution in [-0.4, -0.2) is 53.6 Å². The van der Waals surface area contributed by atoms with Crippen molar-refractivity contribution in [2.75, 3.05) is 25.0 Å². The second-order valence-electron chi connectivity index (χ2n) is 7.21. The molecule has 11 heteroatoms. The van der Waals surface area contributed by atoms with Crippen molar-refractivity contribution < 1.29 is 32.3 Å². The molecule has 0 saturated carbocycles. The van der Waals surface area contributed by atoms with Gasteiger partial charge < -0.3 is 20.3 Å². The number of rotatable bonds is 5. The number of nitrogens with zero attached hydrogens (tertiary/aromatic N) is 2. The van der Waals surface area contributed by atoms with E-state index in [1.807, 2.05) is 0 Å². The van der Waals surface area contributed by atoms with Crippen LogP contribution < -0.4 is 15.4 Å². The van der Waals surface area contributed by atoms with Crippen molar-refractivity contribution in [1.82, 2.24) is 15.2 Å². The maximum Gasteiger partial charge on any atom is 0.573 e. The number of likely N-dealkylation sites (tertiary alicyclic amines) is 1. The van der Waals surface area contributed by atoms with E-state index >= 15 is 0 Å². The number of benzene rings is 1. The number of carbonyl (C=O) groups is 3. The molecule has 170 valence electrons. The summed E-state index contributed by atoms with van der Waals surface area (Å²) in [7, 11) is 0. The fourth-order valence-electron chi connectivity index (χ4n) is 3.26. The Morgan fingerprint density at radius 2 is 1.62 bits per heavy atom. The summed E-state index contributed by atoms with van der Waals surface area (Å²) in [6, 6.07) is 7.77. The third kappa shape index (κ3) is 6.69. The molecule has 2 N–H and O–H groups in total. The van der Waals surface area contributed by atoms with Gasteiger partial charge in [0.25, 0.3) is 5.91 Å². The average Bonchev–Trinajstić information content (AvgIpc) is 2.78. The Hall–Kier alpha value is -3.63. The molecule has 1 aromatic carbocycles. The lowest BCUT2D eigenvalue weighted by atomic mass is 9.96. The normalized spacial score (nSPS) is 14.5. The molecule has 1 aromatic heterocycles. The van der Waals surface area contributed by atoms with Crippen molar-refractivity contribution in [3.63, 3.8) is 0 Å². The van der Waals surface area contributed by atoms with Gasteiger partial charge in [-0.15, -0.1) is 13.2 Å². The molecule has 0 radical (unpaired) electrons. The smallest absolute Gasteiger partial charge is 0.406 e. The average molecular weight is 450 g/mol. The van der Waals surface area contributed by atoms with Crippen LogP contribution in [0.4, 0.5) is 18.9 Å². The SMILES string of the molecule is O=C(NCC1CCN(C(=O)c2ccncc2)CC1)C(=O)Nc1ccc(OC(F)(F)F)cc1. The zero-order chi connectivity index (χ0) is 23.1. The van der Waals surface area contributed by atoms with Gasteiger partial charge in [-0.3, -0.25) is 19.4 Å². The van der Waals surface area contributed by atoms with Gasteiger partial charge >= 0.3 is 18.2 Å². The Morgan fingerprint density at radius 3 is 2.22 bits per heavy atom. The highest BCUT2D eigenvalue weighted by atomic mass is 19.4. The van der Waals surface area contributed by atoms with Crippen LogP contribution >= 0.6 is 0 Å². The predicted molar refractivity (Wildman–Crippen MR) is 108 cm³/mol. The number of hydrogen-bond donors (Lipinski definition) is 2. The molecule has 3 amide bonds. The van der Waals surface area contributed by atoms with Gasteiger partial charge in [0, 0.05) is 43.3 Å². The Morgan fingerprint density at radius 1 is 1.00 bits per heavy atom. The molecule has 1 saturated heterocycles. The third-order valence-electron chi connectivity index (χ3n) is 4.93. The van der Waals surface area contributed by atoms with Crippen molar-refractivity contribution in [2.45, 2.75) is 19.2 Å². The van der Waals surface area contributed by atoms with Gasteiger partial charge in [0.05, 0.1) is 0 Å². The number of hydrogen-bond acceptors (Lipinski definition) is 5. The van der Waals surface area contributed by atoms with Crippen LogP contribution in [-0.2, 0) is 9.59 Å². The van der Waals surface area contributed by atoms with E-state index in [0.29, 0.717) is 31.5 Å². The monoisotopic (exact) mass is 450 g/mol. The first-order chi connectivity index (χ1) is 15.2. The molecule has 0 unspecified atom stereocenters. The van der Waals surface area contributed by atoms with Gasteiger partial charge in [0.1, 0.15) is 5.75 Å². The minimum atomic E-state index is -4.81. The standard InChI is InChI=1S/C21H21F3N4O4/c22-21(23,24)32-17-3-1-16(2-4-17)27-19(30)18(29)26-13-14-7-11-28(12-8-14)20(31)15-5-9-25-10-6-15/h1-6,9-10,14H,7-8,11-13H2,(H,26,29)(H,27,30). The second kappa shape index (κ2) is 10.1. The largest absolute Gasteiger partial charge is 0.573 e. The Kier molecular flexibility index (Phi) is 7.29. The van der Waals surface area contributed by atoms with Crippen LogP contribution in [0.1, 0.15) is 23.2 Å². The van der Waals surface area contributed by atoms with E-state index < -0.39 is 23.9 Å². The van der Waals surface area contributed by atoms with Gasteiger partial charge in [0.15, 0.2) is 0 Å². The van der Waals surface area contributed by atoms with E-state index in [-0.39, 0.29) is 24.1 Å². The fraction of sp³-hybridized carbons (Fsp3) is 0.333. The van der Waals surface area contributed by atoms with Gasteiger partial charge in [-0.1, -0.05) is 0 Å². The molecule has 32 heavy (non-hydrogen) atoms. The van der Waals surface area contributed by atoms with Crippen LogP contribution in [0.2, 0.25) is 0 Å². The Balaban J connectivity index is 1.40. The molecule has 1 aliphatic heterocycles. The van der Waals surface area contributed by atoms with Crippen LogP contribution in [0.5, 0.6) is 5.75 Å². The van der Waals surface area contributed by atoms with E-state index in [1.54, 1.807) is 29.4 Å². The molecule has 2 aromatic rings. The zero-order valence-electron chi connectivity index (χ0n) is 16.9. The predicted octanol–water partition coefficient (Wildman–Crippen LogP) is 2.59. The Labute approximate surface area is 181 Å². The summed E-state index contributed by atoms with van der Waals surface area (Å²) in [6.45, 7) is 1.36. The van der Waals surface area contributed by atoms with Crippen LogP contribution in [0.15, 0.2) is 48.8 Å². The molecular formula is C21H21F3N4O4. The summed E-state index contributed by atoms with van der Waals surface area (Å²) in [5.41, 5.74) is 0.726. The lowest BCUT2D eigenvalue weighted by Crippen LogP contribution is -2.43. The molecule has 0 aliphatic carbocycles. The second-order valence-corrected chi connectivity index (χ2v) is 7.21. The first-order valence-electron chi connectivity index (χ1n) is 9.85. The molecule has 0 atom stereocenters. The van der Waals surface area contributed by atoms with Crippen molar-refractivity contribution in [3.8, 4) is 5.75 Å². The van der Waals surface area contributed by atoms with Crippen LogP contribution in [0.3, 0.4) is 0 Å². The van der Waals surface area contributed by atoms with E-state index in [2.05, 4.69) is 20.4 Å². The number of alkyl halides is 3. The van der Waals surface area contributed by atoms with E-state index in [4.69, 9.17) is 0 Å². The topological polar surface area (TPSA) is 101 Å². The number of piperidine rings is 1. The molecule has 0 bridgehead atoms. The van der Waals surface area contributed by atoms with Crippen molar-refractivity contribution in [1.29, 1.82) is 0 Å². The van der Waals surface area contributed by atoms with Crippen molar-refractivity contribution in [2.24, 2.45) is 5.92 Å².